The molecule has 7 heteroatoms. The van der Waals surface area contributed by atoms with Crippen LogP contribution in [-0.4, -0.2) is 31.2 Å². The number of hydrogen-bond acceptors (Lipinski definition) is 5. The Kier molecular flexibility index (Phi) is 6.32. The van der Waals surface area contributed by atoms with Crippen molar-refractivity contribution in [2.45, 2.75) is 38.9 Å². The van der Waals surface area contributed by atoms with E-state index in [9.17, 15) is 4.79 Å². The molecule has 0 aliphatic rings. The maximum atomic E-state index is 12.2. The number of amides is 1. The Morgan fingerprint density at radius 2 is 1.71 bits per heavy atom. The third-order valence-electron chi connectivity index (χ3n) is 5.20. The molecule has 158 valence electrons. The Labute approximate surface area is 186 Å². The van der Waals surface area contributed by atoms with E-state index in [1.54, 1.807) is 4.52 Å². The fraction of sp³-hybridized carbons (Fsp3) is 0.250. The minimum atomic E-state index is -0.0462. The standard InChI is InChI=1S/C24H25N5OS/c1-16-9-11-20(12-10-16)14-25-22(30)15-31-24-27-23-26-17(2)21(18(3)29(23)28-24)13-19-7-5-4-6-8-19/h4-12H,13-15H2,1-3H3,(H,25,30). The smallest absolute Gasteiger partial charge is 0.253 e. The van der Waals surface area contributed by atoms with Gasteiger partial charge in [0.05, 0.1) is 5.75 Å². The minimum Gasteiger partial charge on any atom is -0.351 e. The monoisotopic (exact) mass is 431 g/mol. The van der Waals surface area contributed by atoms with Gasteiger partial charge in [-0.05, 0) is 37.5 Å². The number of aryl methyl sites for hydroxylation is 3. The molecule has 2 aromatic heterocycles. The number of aromatic nitrogens is 4. The van der Waals surface area contributed by atoms with Gasteiger partial charge in [-0.15, -0.1) is 5.10 Å². The first kappa shape index (κ1) is 21.1. The number of thioether (sulfide) groups is 1. The third-order valence-corrected chi connectivity index (χ3v) is 6.03. The van der Waals surface area contributed by atoms with Crippen LogP contribution in [0.1, 0.15) is 33.6 Å². The zero-order valence-corrected chi connectivity index (χ0v) is 18.7. The van der Waals surface area contributed by atoms with Crippen LogP contribution >= 0.6 is 11.8 Å². The van der Waals surface area contributed by atoms with E-state index in [4.69, 9.17) is 0 Å². The van der Waals surface area contributed by atoms with Crippen molar-refractivity contribution in [1.82, 2.24) is 24.9 Å². The summed E-state index contributed by atoms with van der Waals surface area (Å²) in [5, 5.41) is 8.08. The number of nitrogens with zero attached hydrogens (tertiary/aromatic N) is 4. The van der Waals surface area contributed by atoms with Gasteiger partial charge in [-0.3, -0.25) is 4.79 Å². The molecule has 1 amide bonds. The summed E-state index contributed by atoms with van der Waals surface area (Å²) in [5.41, 5.74) is 6.64. The zero-order chi connectivity index (χ0) is 21.8. The van der Waals surface area contributed by atoms with Crippen molar-refractivity contribution in [2.75, 3.05) is 5.75 Å². The summed E-state index contributed by atoms with van der Waals surface area (Å²) in [6, 6.07) is 18.5. The summed E-state index contributed by atoms with van der Waals surface area (Å²) in [6.07, 6.45) is 0.797. The van der Waals surface area contributed by atoms with Gasteiger partial charge in [0, 0.05) is 24.4 Å². The van der Waals surface area contributed by atoms with Crippen LogP contribution in [0.5, 0.6) is 0 Å². The number of rotatable bonds is 7. The van der Waals surface area contributed by atoms with E-state index in [1.807, 2.05) is 63.2 Å². The van der Waals surface area contributed by atoms with Gasteiger partial charge in [-0.2, -0.15) is 4.98 Å². The summed E-state index contributed by atoms with van der Waals surface area (Å²) in [4.78, 5) is 21.4. The van der Waals surface area contributed by atoms with Crippen molar-refractivity contribution in [3.63, 3.8) is 0 Å². The van der Waals surface area contributed by atoms with Crippen LogP contribution < -0.4 is 5.32 Å². The summed E-state index contributed by atoms with van der Waals surface area (Å²) in [5.74, 6) is 0.780. The molecule has 0 unspecified atom stereocenters. The van der Waals surface area contributed by atoms with E-state index in [2.05, 4.69) is 32.5 Å². The maximum Gasteiger partial charge on any atom is 0.253 e. The number of benzene rings is 2. The lowest BCUT2D eigenvalue weighted by Gasteiger charge is -2.10. The molecule has 0 aliphatic heterocycles. The van der Waals surface area contributed by atoms with Gasteiger partial charge in [0.2, 0.25) is 11.1 Å². The van der Waals surface area contributed by atoms with Crippen LogP contribution in [0.2, 0.25) is 0 Å². The lowest BCUT2D eigenvalue weighted by atomic mass is 10.0. The molecule has 0 fully saturated rings. The highest BCUT2D eigenvalue weighted by Gasteiger charge is 2.15. The van der Waals surface area contributed by atoms with Crippen LogP contribution in [-0.2, 0) is 17.8 Å². The molecule has 2 heterocycles. The van der Waals surface area contributed by atoms with Crippen molar-refractivity contribution >= 4 is 23.4 Å². The maximum absolute atomic E-state index is 12.2. The molecular weight excluding hydrogens is 406 g/mol. The van der Waals surface area contributed by atoms with E-state index >= 15 is 0 Å². The van der Waals surface area contributed by atoms with Gasteiger partial charge >= 0.3 is 0 Å². The Morgan fingerprint density at radius 1 is 0.968 bits per heavy atom. The minimum absolute atomic E-state index is 0.0462. The lowest BCUT2D eigenvalue weighted by Crippen LogP contribution is -2.24. The van der Waals surface area contributed by atoms with Crippen LogP contribution in [0.25, 0.3) is 5.78 Å². The summed E-state index contributed by atoms with van der Waals surface area (Å²) in [6.45, 7) is 6.60. The fourth-order valence-electron chi connectivity index (χ4n) is 3.39. The molecule has 0 saturated carbocycles. The average Bonchev–Trinajstić information content (AvgIpc) is 3.18. The molecule has 1 N–H and O–H groups in total. The first-order chi connectivity index (χ1) is 15.0. The number of fused-ring (bicyclic) bond motifs is 1. The van der Waals surface area contributed by atoms with E-state index in [1.165, 1.54) is 22.9 Å². The molecule has 0 radical (unpaired) electrons. The highest BCUT2D eigenvalue weighted by atomic mass is 32.2. The first-order valence-corrected chi connectivity index (χ1v) is 11.2. The molecule has 4 aromatic rings. The van der Waals surface area contributed by atoms with E-state index in [0.717, 1.165) is 28.9 Å². The normalized spacial score (nSPS) is 11.1. The second-order valence-electron chi connectivity index (χ2n) is 7.58. The lowest BCUT2D eigenvalue weighted by molar-refractivity contribution is -0.118. The molecule has 0 bridgehead atoms. The molecule has 31 heavy (non-hydrogen) atoms. The van der Waals surface area contributed by atoms with Gasteiger partial charge in [0.25, 0.3) is 5.78 Å². The third kappa shape index (κ3) is 5.11. The van der Waals surface area contributed by atoms with E-state index < -0.39 is 0 Å². The van der Waals surface area contributed by atoms with Gasteiger partial charge in [-0.1, -0.05) is 71.9 Å². The predicted octanol–water partition coefficient (Wildman–Crippen LogP) is 4.05. The van der Waals surface area contributed by atoms with Gasteiger partial charge in [0.15, 0.2) is 0 Å². The molecule has 0 spiro atoms. The molecular formula is C24H25N5OS. The Morgan fingerprint density at radius 3 is 2.45 bits per heavy atom. The van der Waals surface area contributed by atoms with Crippen LogP contribution in [0, 0.1) is 20.8 Å². The predicted molar refractivity (Wildman–Crippen MR) is 123 cm³/mol. The fourth-order valence-corrected chi connectivity index (χ4v) is 4.04. The second-order valence-corrected chi connectivity index (χ2v) is 8.52. The number of carbonyl (C=O) groups excluding carboxylic acids is 1. The summed E-state index contributed by atoms with van der Waals surface area (Å²) in [7, 11) is 0. The van der Waals surface area contributed by atoms with Gasteiger partial charge in [-0.25, -0.2) is 9.50 Å². The van der Waals surface area contributed by atoms with Gasteiger partial charge < -0.3 is 5.32 Å². The SMILES string of the molecule is Cc1ccc(CNC(=O)CSc2nc3nc(C)c(Cc4ccccc4)c(C)n3n2)cc1. The Bertz CT molecular complexity index is 1200. The van der Waals surface area contributed by atoms with Crippen LogP contribution in [0.3, 0.4) is 0 Å². The highest BCUT2D eigenvalue weighted by Crippen LogP contribution is 2.20. The first-order valence-electron chi connectivity index (χ1n) is 10.2. The summed E-state index contributed by atoms with van der Waals surface area (Å²) >= 11 is 1.32. The van der Waals surface area contributed by atoms with Crippen LogP contribution in [0.4, 0.5) is 0 Å². The number of hydrogen-bond donors (Lipinski definition) is 1. The van der Waals surface area contributed by atoms with Crippen molar-refractivity contribution in [3.05, 3.63) is 88.2 Å². The molecule has 0 aliphatic carbocycles. The molecule has 6 nitrogen and oxygen atoms in total. The van der Waals surface area contributed by atoms with Crippen molar-refractivity contribution in [1.29, 1.82) is 0 Å². The topological polar surface area (TPSA) is 72.2 Å². The van der Waals surface area contributed by atoms with E-state index in [0.29, 0.717) is 17.5 Å². The average molecular weight is 432 g/mol. The zero-order valence-electron chi connectivity index (χ0n) is 17.9. The highest BCUT2D eigenvalue weighted by molar-refractivity contribution is 7.99. The molecule has 0 atom stereocenters. The quantitative estimate of drug-likeness (QED) is 0.447. The molecule has 2 aromatic carbocycles. The molecule has 0 saturated heterocycles. The van der Waals surface area contributed by atoms with Crippen molar-refractivity contribution < 1.29 is 4.79 Å². The summed E-state index contributed by atoms with van der Waals surface area (Å²) < 4.78 is 1.78. The largest absolute Gasteiger partial charge is 0.351 e. The van der Waals surface area contributed by atoms with E-state index in [-0.39, 0.29) is 11.7 Å². The number of nitrogens with one attached hydrogen (secondary N) is 1. The van der Waals surface area contributed by atoms with Crippen molar-refractivity contribution in [2.24, 2.45) is 0 Å². The Balaban J connectivity index is 1.42. The number of carbonyl (C=O) groups is 1. The Hall–Kier alpha value is -3.19. The second kappa shape index (κ2) is 9.31. The van der Waals surface area contributed by atoms with Gasteiger partial charge in [0.1, 0.15) is 0 Å². The van der Waals surface area contributed by atoms with Crippen LogP contribution in [0.15, 0.2) is 59.8 Å². The molecule has 4 rings (SSSR count). The van der Waals surface area contributed by atoms with Crippen molar-refractivity contribution in [3.8, 4) is 0 Å².